The molecule has 118 valence electrons. The molecular weight excluding hydrogens is 262 g/mol. The molecule has 1 heterocycles. The standard InChI is InChI=1S/C18H29NO2/c1-6-10-19-15(13(2)3)12-20-16-9-7-8-14-11-18(4,5)21-17(14)16/h7-9,13,15,19H,6,10-12H2,1-5H3. The fourth-order valence-corrected chi connectivity index (χ4v) is 2.70. The molecule has 1 atom stereocenters. The molecule has 3 nitrogen and oxygen atoms in total. The maximum absolute atomic E-state index is 6.08. The molecule has 0 saturated carbocycles. The van der Waals surface area contributed by atoms with Crippen molar-refractivity contribution in [3.05, 3.63) is 23.8 Å². The van der Waals surface area contributed by atoms with Gasteiger partial charge in [-0.1, -0.05) is 32.9 Å². The summed E-state index contributed by atoms with van der Waals surface area (Å²) in [5, 5.41) is 3.56. The van der Waals surface area contributed by atoms with Crippen LogP contribution in [0, 0.1) is 5.92 Å². The highest BCUT2D eigenvalue weighted by Gasteiger charge is 2.32. The van der Waals surface area contributed by atoms with Gasteiger partial charge in [-0.2, -0.15) is 0 Å². The number of ether oxygens (including phenoxy) is 2. The van der Waals surface area contributed by atoms with Gasteiger partial charge in [0.1, 0.15) is 12.2 Å². The SMILES string of the molecule is CCCNC(COc1cccc2c1OC(C)(C)C2)C(C)C. The molecule has 0 amide bonds. The number of hydrogen-bond donors (Lipinski definition) is 1. The maximum Gasteiger partial charge on any atom is 0.165 e. The number of benzene rings is 1. The van der Waals surface area contributed by atoms with Crippen molar-refractivity contribution >= 4 is 0 Å². The zero-order valence-electron chi connectivity index (χ0n) is 14.0. The van der Waals surface area contributed by atoms with E-state index in [-0.39, 0.29) is 5.60 Å². The molecule has 2 rings (SSSR count). The molecule has 0 saturated heterocycles. The van der Waals surface area contributed by atoms with Crippen molar-refractivity contribution in [3.63, 3.8) is 0 Å². The maximum atomic E-state index is 6.08. The average Bonchev–Trinajstić information content (AvgIpc) is 2.73. The molecule has 0 aliphatic carbocycles. The van der Waals surface area contributed by atoms with Crippen molar-refractivity contribution in [3.8, 4) is 11.5 Å². The highest BCUT2D eigenvalue weighted by atomic mass is 16.5. The van der Waals surface area contributed by atoms with Crippen LogP contribution < -0.4 is 14.8 Å². The van der Waals surface area contributed by atoms with Gasteiger partial charge in [0, 0.05) is 18.0 Å². The molecule has 0 fully saturated rings. The van der Waals surface area contributed by atoms with Gasteiger partial charge in [0.15, 0.2) is 11.5 Å². The third kappa shape index (κ3) is 4.13. The summed E-state index contributed by atoms with van der Waals surface area (Å²) in [4.78, 5) is 0. The Hall–Kier alpha value is -1.22. The first-order valence-corrected chi connectivity index (χ1v) is 8.10. The van der Waals surface area contributed by atoms with Gasteiger partial charge >= 0.3 is 0 Å². The third-order valence-electron chi connectivity index (χ3n) is 3.93. The number of hydrogen-bond acceptors (Lipinski definition) is 3. The van der Waals surface area contributed by atoms with Crippen LogP contribution in [0.5, 0.6) is 11.5 Å². The zero-order valence-corrected chi connectivity index (χ0v) is 14.0. The van der Waals surface area contributed by atoms with Crippen LogP contribution in [0.4, 0.5) is 0 Å². The largest absolute Gasteiger partial charge is 0.488 e. The lowest BCUT2D eigenvalue weighted by Gasteiger charge is -2.23. The van der Waals surface area contributed by atoms with Gasteiger partial charge in [-0.25, -0.2) is 0 Å². The van der Waals surface area contributed by atoms with Crippen molar-refractivity contribution in [2.24, 2.45) is 5.92 Å². The van der Waals surface area contributed by atoms with E-state index in [2.05, 4.69) is 52.1 Å². The van der Waals surface area contributed by atoms with Gasteiger partial charge in [0.2, 0.25) is 0 Å². The first-order chi connectivity index (χ1) is 9.93. The van der Waals surface area contributed by atoms with E-state index in [1.165, 1.54) is 5.56 Å². The van der Waals surface area contributed by atoms with Gasteiger partial charge in [-0.05, 0) is 38.8 Å². The number of rotatable bonds is 7. The van der Waals surface area contributed by atoms with E-state index in [0.717, 1.165) is 30.9 Å². The van der Waals surface area contributed by atoms with Crippen LogP contribution >= 0.6 is 0 Å². The Morgan fingerprint density at radius 1 is 1.33 bits per heavy atom. The van der Waals surface area contributed by atoms with Gasteiger partial charge < -0.3 is 14.8 Å². The van der Waals surface area contributed by atoms with Crippen LogP contribution in [0.15, 0.2) is 18.2 Å². The van der Waals surface area contributed by atoms with Crippen LogP contribution in [0.2, 0.25) is 0 Å². The van der Waals surface area contributed by atoms with Crippen molar-refractivity contribution in [1.29, 1.82) is 0 Å². The lowest BCUT2D eigenvalue weighted by Crippen LogP contribution is -2.39. The van der Waals surface area contributed by atoms with Crippen LogP contribution in [0.3, 0.4) is 0 Å². The summed E-state index contributed by atoms with van der Waals surface area (Å²) in [5.41, 5.74) is 1.12. The molecule has 1 N–H and O–H groups in total. The molecular formula is C18H29NO2. The molecule has 0 bridgehead atoms. The number of para-hydroxylation sites is 1. The minimum atomic E-state index is -0.125. The molecule has 21 heavy (non-hydrogen) atoms. The van der Waals surface area contributed by atoms with E-state index in [1.54, 1.807) is 0 Å². The first kappa shape index (κ1) is 16.2. The van der Waals surface area contributed by atoms with Gasteiger partial charge in [0.05, 0.1) is 0 Å². The second kappa shape index (κ2) is 6.69. The van der Waals surface area contributed by atoms with Crippen molar-refractivity contribution < 1.29 is 9.47 Å². The summed E-state index contributed by atoms with van der Waals surface area (Å²) < 4.78 is 12.1. The predicted molar refractivity (Wildman–Crippen MR) is 87.3 cm³/mol. The average molecular weight is 291 g/mol. The third-order valence-corrected chi connectivity index (χ3v) is 3.93. The highest BCUT2D eigenvalue weighted by molar-refractivity contribution is 5.50. The van der Waals surface area contributed by atoms with E-state index in [0.29, 0.717) is 18.6 Å². The van der Waals surface area contributed by atoms with Crippen molar-refractivity contribution in [1.82, 2.24) is 5.32 Å². The Balaban J connectivity index is 2.03. The molecule has 1 aromatic carbocycles. The van der Waals surface area contributed by atoms with E-state index < -0.39 is 0 Å². The summed E-state index contributed by atoms with van der Waals surface area (Å²) in [5.74, 6) is 2.35. The van der Waals surface area contributed by atoms with Crippen LogP contribution in [-0.2, 0) is 6.42 Å². The van der Waals surface area contributed by atoms with Gasteiger partial charge in [-0.15, -0.1) is 0 Å². The fraction of sp³-hybridized carbons (Fsp3) is 0.667. The molecule has 0 spiro atoms. The summed E-state index contributed by atoms with van der Waals surface area (Å²) in [6.45, 7) is 12.6. The molecule has 1 aliphatic rings. The Labute approximate surface area is 129 Å². The smallest absolute Gasteiger partial charge is 0.165 e. The summed E-state index contributed by atoms with van der Waals surface area (Å²) in [6.07, 6.45) is 2.09. The Morgan fingerprint density at radius 2 is 2.10 bits per heavy atom. The predicted octanol–water partition coefficient (Wildman–Crippen LogP) is 3.80. The van der Waals surface area contributed by atoms with Crippen molar-refractivity contribution in [2.45, 2.75) is 59.1 Å². The normalized spacial score (nSPS) is 17.4. The fourth-order valence-electron chi connectivity index (χ4n) is 2.70. The van der Waals surface area contributed by atoms with E-state index in [4.69, 9.17) is 9.47 Å². The molecule has 0 radical (unpaired) electrons. The lowest BCUT2D eigenvalue weighted by atomic mass is 10.0. The van der Waals surface area contributed by atoms with Crippen molar-refractivity contribution in [2.75, 3.05) is 13.2 Å². The Morgan fingerprint density at radius 3 is 2.76 bits per heavy atom. The summed E-state index contributed by atoms with van der Waals surface area (Å²) in [7, 11) is 0. The molecule has 3 heteroatoms. The monoisotopic (exact) mass is 291 g/mol. The Kier molecular flexibility index (Phi) is 5.15. The minimum Gasteiger partial charge on any atom is -0.488 e. The van der Waals surface area contributed by atoms with Crippen LogP contribution in [-0.4, -0.2) is 24.8 Å². The quantitative estimate of drug-likeness (QED) is 0.829. The van der Waals surface area contributed by atoms with E-state index in [9.17, 15) is 0 Å². The Bertz CT molecular complexity index is 468. The van der Waals surface area contributed by atoms with Crippen LogP contribution in [0.1, 0.15) is 46.6 Å². The lowest BCUT2D eigenvalue weighted by molar-refractivity contribution is 0.130. The number of fused-ring (bicyclic) bond motifs is 1. The van der Waals surface area contributed by atoms with E-state index >= 15 is 0 Å². The topological polar surface area (TPSA) is 30.5 Å². The molecule has 1 aromatic rings. The van der Waals surface area contributed by atoms with Gasteiger partial charge in [0.25, 0.3) is 0 Å². The molecule has 0 aromatic heterocycles. The number of nitrogens with one attached hydrogen (secondary N) is 1. The second-order valence-corrected chi connectivity index (χ2v) is 6.90. The zero-order chi connectivity index (χ0) is 15.5. The second-order valence-electron chi connectivity index (χ2n) is 6.90. The minimum absolute atomic E-state index is 0.125. The molecule has 1 unspecified atom stereocenters. The van der Waals surface area contributed by atoms with Crippen LogP contribution in [0.25, 0.3) is 0 Å². The summed E-state index contributed by atoms with van der Waals surface area (Å²) in [6, 6.07) is 6.57. The van der Waals surface area contributed by atoms with E-state index in [1.807, 2.05) is 6.07 Å². The summed E-state index contributed by atoms with van der Waals surface area (Å²) >= 11 is 0. The first-order valence-electron chi connectivity index (χ1n) is 8.10. The highest BCUT2D eigenvalue weighted by Crippen LogP contribution is 2.41. The van der Waals surface area contributed by atoms with Gasteiger partial charge in [-0.3, -0.25) is 0 Å². The molecule has 1 aliphatic heterocycles.